The summed E-state index contributed by atoms with van der Waals surface area (Å²) >= 11 is 0. The van der Waals surface area contributed by atoms with Crippen molar-refractivity contribution in [2.45, 2.75) is 32.1 Å². The summed E-state index contributed by atoms with van der Waals surface area (Å²) in [5.74, 6) is -0.0350. The second-order valence-electron chi connectivity index (χ2n) is 4.04. The lowest BCUT2D eigenvalue weighted by Crippen LogP contribution is -2.32. The van der Waals surface area contributed by atoms with Gasteiger partial charge in [0.1, 0.15) is 11.5 Å². The number of rotatable bonds is 1. The summed E-state index contributed by atoms with van der Waals surface area (Å²) in [6, 6.07) is 6.62. The van der Waals surface area contributed by atoms with Crippen LogP contribution in [0.1, 0.15) is 32.3 Å². The molecule has 0 bridgehead atoms. The van der Waals surface area contributed by atoms with Crippen LogP contribution in [-0.2, 0) is 10.2 Å². The molecule has 0 unspecified atom stereocenters. The van der Waals surface area contributed by atoms with Crippen LogP contribution in [0.4, 0.5) is 0 Å². The Morgan fingerprint density at radius 1 is 1.11 bits per heavy atom. The minimum absolute atomic E-state index is 0.0175. The van der Waals surface area contributed by atoms with Gasteiger partial charge in [-0.3, -0.25) is 0 Å². The first-order valence-electron chi connectivity index (χ1n) is 6.19. The average molecular weight is 249 g/mol. The number of hydrogen-bond donors (Lipinski definition) is 2. The van der Waals surface area contributed by atoms with Gasteiger partial charge in [0, 0.05) is 19.3 Å². The van der Waals surface area contributed by atoms with E-state index in [9.17, 15) is 15.5 Å². The maximum atomic E-state index is 9.43. The Morgan fingerprint density at radius 3 is 2.06 bits per heavy atom. The third-order valence-electron chi connectivity index (χ3n) is 3.02. The van der Waals surface area contributed by atoms with Crippen LogP contribution in [-0.4, -0.2) is 23.4 Å². The molecule has 0 amide bonds. The molecule has 4 nitrogen and oxygen atoms in total. The van der Waals surface area contributed by atoms with E-state index in [0.717, 1.165) is 0 Å². The maximum Gasteiger partial charge on any atom is 0.119 e. The average Bonchev–Trinajstić information content (AvgIpc) is 2.41. The molecule has 1 fully saturated rings. The lowest BCUT2D eigenvalue weighted by molar-refractivity contribution is 0.0674. The first-order chi connectivity index (χ1) is 8.66. The van der Waals surface area contributed by atoms with Gasteiger partial charge in [-0.1, -0.05) is 13.8 Å². The molecule has 1 aromatic rings. The van der Waals surface area contributed by atoms with E-state index in [2.05, 4.69) is 6.07 Å². The van der Waals surface area contributed by atoms with Crippen molar-refractivity contribution < 1.29 is 14.9 Å². The first-order valence-corrected chi connectivity index (χ1v) is 6.19. The zero-order chi connectivity index (χ0) is 13.6. The first kappa shape index (κ1) is 14.3. The van der Waals surface area contributed by atoms with Gasteiger partial charge < -0.3 is 14.9 Å². The zero-order valence-corrected chi connectivity index (χ0v) is 10.8. The van der Waals surface area contributed by atoms with Gasteiger partial charge in [-0.2, -0.15) is 5.26 Å². The van der Waals surface area contributed by atoms with E-state index in [0.29, 0.717) is 31.6 Å². The molecular formula is C14H19NO3. The van der Waals surface area contributed by atoms with E-state index < -0.39 is 5.41 Å². The van der Waals surface area contributed by atoms with E-state index in [1.807, 2.05) is 13.8 Å². The van der Waals surface area contributed by atoms with Gasteiger partial charge in [0.2, 0.25) is 0 Å². The van der Waals surface area contributed by atoms with Crippen LogP contribution in [0.15, 0.2) is 18.2 Å². The summed E-state index contributed by atoms with van der Waals surface area (Å²) in [6.07, 6.45) is 1.18. The van der Waals surface area contributed by atoms with Crippen molar-refractivity contribution in [3.8, 4) is 17.6 Å². The predicted octanol–water partition coefficient (Wildman–Crippen LogP) is 2.70. The highest BCUT2D eigenvalue weighted by atomic mass is 16.5. The molecule has 2 N–H and O–H groups in total. The fourth-order valence-electron chi connectivity index (χ4n) is 2.06. The van der Waals surface area contributed by atoms with Gasteiger partial charge in [-0.25, -0.2) is 0 Å². The largest absolute Gasteiger partial charge is 0.508 e. The summed E-state index contributed by atoms with van der Waals surface area (Å²) in [6.45, 7) is 5.06. The van der Waals surface area contributed by atoms with Crippen molar-refractivity contribution in [1.82, 2.24) is 0 Å². The highest BCUT2D eigenvalue weighted by Crippen LogP contribution is 2.37. The van der Waals surface area contributed by atoms with Gasteiger partial charge >= 0.3 is 0 Å². The SMILES string of the molecule is CC.N#CC1(c2cc(O)cc(O)c2)CCOCC1. The minimum atomic E-state index is -0.644. The summed E-state index contributed by atoms with van der Waals surface area (Å²) in [5.41, 5.74) is 0.0184. The Hall–Kier alpha value is -1.73. The van der Waals surface area contributed by atoms with E-state index >= 15 is 0 Å². The molecule has 0 spiro atoms. The number of phenols is 2. The zero-order valence-electron chi connectivity index (χ0n) is 10.8. The van der Waals surface area contributed by atoms with Crippen molar-refractivity contribution in [2.75, 3.05) is 13.2 Å². The Balaban J connectivity index is 0.000000771. The van der Waals surface area contributed by atoms with Crippen LogP contribution in [0.25, 0.3) is 0 Å². The molecule has 1 saturated heterocycles. The monoisotopic (exact) mass is 249 g/mol. The molecule has 1 aliphatic heterocycles. The number of benzene rings is 1. The second kappa shape index (κ2) is 6.27. The minimum Gasteiger partial charge on any atom is -0.508 e. The number of nitrogens with zero attached hydrogens (tertiary/aromatic N) is 1. The molecule has 98 valence electrons. The van der Waals surface area contributed by atoms with E-state index in [-0.39, 0.29) is 11.5 Å². The quantitative estimate of drug-likeness (QED) is 0.802. The summed E-state index contributed by atoms with van der Waals surface area (Å²) in [5, 5.41) is 28.2. The van der Waals surface area contributed by atoms with Gasteiger partial charge in [-0.05, 0) is 30.5 Å². The second-order valence-corrected chi connectivity index (χ2v) is 4.04. The normalized spacial score (nSPS) is 17.2. The molecule has 1 heterocycles. The summed E-state index contributed by atoms with van der Waals surface area (Å²) < 4.78 is 5.23. The smallest absolute Gasteiger partial charge is 0.119 e. The summed E-state index contributed by atoms with van der Waals surface area (Å²) in [7, 11) is 0. The molecular weight excluding hydrogens is 230 g/mol. The molecule has 2 rings (SSSR count). The highest BCUT2D eigenvalue weighted by Gasteiger charge is 2.35. The molecule has 4 heteroatoms. The van der Waals surface area contributed by atoms with Gasteiger partial charge in [-0.15, -0.1) is 0 Å². The van der Waals surface area contributed by atoms with Gasteiger partial charge in [0.05, 0.1) is 11.5 Å². The van der Waals surface area contributed by atoms with E-state index in [1.54, 1.807) is 0 Å². The lowest BCUT2D eigenvalue weighted by atomic mass is 9.75. The fourth-order valence-corrected chi connectivity index (χ4v) is 2.06. The maximum absolute atomic E-state index is 9.43. The Morgan fingerprint density at radius 2 is 1.61 bits per heavy atom. The van der Waals surface area contributed by atoms with Crippen LogP contribution in [0.2, 0.25) is 0 Å². The molecule has 1 aromatic carbocycles. The molecule has 18 heavy (non-hydrogen) atoms. The van der Waals surface area contributed by atoms with Crippen LogP contribution < -0.4 is 0 Å². The molecule has 0 saturated carbocycles. The van der Waals surface area contributed by atoms with Gasteiger partial charge in [0.25, 0.3) is 0 Å². The van der Waals surface area contributed by atoms with Crippen LogP contribution in [0.5, 0.6) is 11.5 Å². The Kier molecular flexibility index (Phi) is 4.99. The van der Waals surface area contributed by atoms with Crippen LogP contribution in [0.3, 0.4) is 0 Å². The van der Waals surface area contributed by atoms with E-state index in [4.69, 9.17) is 4.74 Å². The van der Waals surface area contributed by atoms with Crippen molar-refractivity contribution >= 4 is 0 Å². The number of aromatic hydroxyl groups is 2. The number of nitriles is 1. The lowest BCUT2D eigenvalue weighted by Gasteiger charge is -2.31. The van der Waals surface area contributed by atoms with Crippen molar-refractivity contribution in [3.63, 3.8) is 0 Å². The van der Waals surface area contributed by atoms with Crippen LogP contribution in [0, 0.1) is 11.3 Å². The molecule has 1 aliphatic rings. The molecule has 0 atom stereocenters. The third kappa shape index (κ3) is 2.93. The Labute approximate surface area is 107 Å². The molecule has 0 aliphatic carbocycles. The molecule has 0 radical (unpaired) electrons. The number of phenolic OH excluding ortho intramolecular Hbond substituents is 2. The third-order valence-corrected chi connectivity index (χ3v) is 3.02. The van der Waals surface area contributed by atoms with Crippen molar-refractivity contribution in [2.24, 2.45) is 0 Å². The molecule has 0 aromatic heterocycles. The van der Waals surface area contributed by atoms with Crippen LogP contribution >= 0.6 is 0 Å². The number of ether oxygens (including phenoxy) is 1. The highest BCUT2D eigenvalue weighted by molar-refractivity contribution is 5.43. The Bertz CT molecular complexity index is 411. The topological polar surface area (TPSA) is 73.5 Å². The van der Waals surface area contributed by atoms with Crippen molar-refractivity contribution in [1.29, 1.82) is 5.26 Å². The van der Waals surface area contributed by atoms with E-state index in [1.165, 1.54) is 18.2 Å². The van der Waals surface area contributed by atoms with Gasteiger partial charge in [0.15, 0.2) is 0 Å². The van der Waals surface area contributed by atoms with Crippen molar-refractivity contribution in [3.05, 3.63) is 23.8 Å². The standard InChI is InChI=1S/C12H13NO3.C2H6/c13-8-12(1-3-16-4-2-12)9-5-10(14)7-11(15)6-9;1-2/h5-7,14-15H,1-4H2;1-2H3. The predicted molar refractivity (Wildman–Crippen MR) is 68.5 cm³/mol. The number of hydrogen-bond acceptors (Lipinski definition) is 4. The summed E-state index contributed by atoms with van der Waals surface area (Å²) in [4.78, 5) is 0. The fraction of sp³-hybridized carbons (Fsp3) is 0.500.